The molecule has 0 radical (unpaired) electrons. The van der Waals surface area contributed by atoms with Crippen molar-refractivity contribution in [1.29, 1.82) is 0 Å². The van der Waals surface area contributed by atoms with Crippen LogP contribution in [0.2, 0.25) is 0 Å². The van der Waals surface area contributed by atoms with Crippen LogP contribution in [0, 0.1) is 0 Å². The van der Waals surface area contributed by atoms with Crippen LogP contribution in [-0.2, 0) is 9.59 Å². The van der Waals surface area contributed by atoms with Gasteiger partial charge >= 0.3 is 0 Å². The highest BCUT2D eigenvalue weighted by Gasteiger charge is 2.18. The number of carbonyl (C=O) groups is 2. The number of ether oxygens (including phenoxy) is 1. The molecule has 140 valence electrons. The predicted molar refractivity (Wildman–Crippen MR) is 101 cm³/mol. The Morgan fingerprint density at radius 1 is 1.15 bits per heavy atom. The number of aromatic nitrogens is 1. The highest BCUT2D eigenvalue weighted by atomic mass is 16.5. The van der Waals surface area contributed by atoms with Crippen molar-refractivity contribution in [2.45, 2.75) is 31.7 Å². The van der Waals surface area contributed by atoms with Crippen molar-refractivity contribution in [2.24, 2.45) is 5.10 Å². The number of hydrazone groups is 1. The van der Waals surface area contributed by atoms with Crippen LogP contribution in [0.15, 0.2) is 53.9 Å². The first-order chi connectivity index (χ1) is 13.2. The van der Waals surface area contributed by atoms with Crippen molar-refractivity contribution in [3.8, 4) is 5.75 Å². The molecule has 0 unspecified atom stereocenters. The van der Waals surface area contributed by atoms with E-state index < -0.39 is 0 Å². The molecule has 0 fully saturated rings. The first-order valence-corrected chi connectivity index (χ1v) is 8.83. The van der Waals surface area contributed by atoms with Gasteiger partial charge in [0.2, 0.25) is 11.8 Å². The van der Waals surface area contributed by atoms with Crippen molar-refractivity contribution >= 4 is 17.5 Å². The Labute approximate surface area is 157 Å². The molecule has 0 bridgehead atoms. The summed E-state index contributed by atoms with van der Waals surface area (Å²) in [4.78, 5) is 27.7. The number of nitrogens with zero attached hydrogens (tertiary/aromatic N) is 2. The molecule has 7 heteroatoms. The van der Waals surface area contributed by atoms with E-state index in [1.54, 1.807) is 19.5 Å². The number of hydrogen-bond acceptors (Lipinski definition) is 5. The second-order valence-electron chi connectivity index (χ2n) is 6.27. The van der Waals surface area contributed by atoms with Gasteiger partial charge in [0.25, 0.3) is 0 Å². The lowest BCUT2D eigenvalue weighted by Crippen LogP contribution is -2.30. The second kappa shape index (κ2) is 8.93. The van der Waals surface area contributed by atoms with Crippen molar-refractivity contribution in [2.75, 3.05) is 7.11 Å². The van der Waals surface area contributed by atoms with Gasteiger partial charge in [-0.05, 0) is 48.2 Å². The number of pyridine rings is 1. The third kappa shape index (κ3) is 5.13. The molecule has 27 heavy (non-hydrogen) atoms. The first-order valence-electron chi connectivity index (χ1n) is 8.83. The predicted octanol–water partition coefficient (Wildman–Crippen LogP) is 2.34. The van der Waals surface area contributed by atoms with Crippen molar-refractivity contribution in [3.63, 3.8) is 0 Å². The number of benzene rings is 1. The minimum Gasteiger partial charge on any atom is -0.497 e. The fourth-order valence-corrected chi connectivity index (χ4v) is 2.89. The van der Waals surface area contributed by atoms with Crippen LogP contribution in [0.3, 0.4) is 0 Å². The van der Waals surface area contributed by atoms with Crippen LogP contribution < -0.4 is 15.5 Å². The van der Waals surface area contributed by atoms with Gasteiger partial charge in [0, 0.05) is 30.9 Å². The normalized spacial score (nSPS) is 14.7. The highest BCUT2D eigenvalue weighted by molar-refractivity contribution is 5.94. The summed E-state index contributed by atoms with van der Waals surface area (Å²) in [5.74, 6) is 0.601. The minimum absolute atomic E-state index is 0.0766. The quantitative estimate of drug-likeness (QED) is 0.787. The second-order valence-corrected chi connectivity index (χ2v) is 6.27. The van der Waals surface area contributed by atoms with E-state index in [2.05, 4.69) is 20.8 Å². The Morgan fingerprint density at radius 2 is 1.85 bits per heavy atom. The fourth-order valence-electron chi connectivity index (χ4n) is 2.89. The van der Waals surface area contributed by atoms with E-state index in [9.17, 15) is 9.59 Å². The molecule has 1 atom stereocenters. The van der Waals surface area contributed by atoms with Crippen molar-refractivity contribution in [1.82, 2.24) is 15.7 Å². The van der Waals surface area contributed by atoms with Gasteiger partial charge in [-0.15, -0.1) is 0 Å². The molecule has 7 nitrogen and oxygen atoms in total. The maximum absolute atomic E-state index is 12.5. The van der Waals surface area contributed by atoms with Gasteiger partial charge in [-0.3, -0.25) is 14.6 Å². The number of nitrogens with one attached hydrogen (secondary N) is 2. The van der Waals surface area contributed by atoms with Crippen LogP contribution in [0.25, 0.3) is 0 Å². The van der Waals surface area contributed by atoms with Crippen LogP contribution >= 0.6 is 0 Å². The van der Waals surface area contributed by atoms with E-state index in [0.717, 1.165) is 22.6 Å². The lowest BCUT2D eigenvalue weighted by atomic mass is 9.99. The van der Waals surface area contributed by atoms with Crippen LogP contribution in [0.5, 0.6) is 5.75 Å². The van der Waals surface area contributed by atoms with E-state index in [1.807, 2.05) is 36.4 Å². The average Bonchev–Trinajstić information content (AvgIpc) is 2.72. The smallest absolute Gasteiger partial charge is 0.240 e. The average molecular weight is 366 g/mol. The molecular formula is C20H22N4O3. The van der Waals surface area contributed by atoms with E-state index in [4.69, 9.17) is 4.74 Å². The van der Waals surface area contributed by atoms with Gasteiger partial charge < -0.3 is 10.1 Å². The molecule has 1 aromatic carbocycles. The lowest BCUT2D eigenvalue weighted by molar-refractivity contribution is -0.121. The molecule has 0 spiro atoms. The zero-order valence-electron chi connectivity index (χ0n) is 15.1. The molecule has 0 aliphatic carbocycles. The maximum atomic E-state index is 12.5. The fraction of sp³-hybridized carbons (Fsp3) is 0.300. The molecule has 1 aliphatic rings. The van der Waals surface area contributed by atoms with Gasteiger partial charge in [-0.25, -0.2) is 5.43 Å². The molecule has 1 aromatic heterocycles. The summed E-state index contributed by atoms with van der Waals surface area (Å²) >= 11 is 0. The topological polar surface area (TPSA) is 92.7 Å². The minimum atomic E-state index is -0.278. The molecule has 2 amide bonds. The molecule has 3 rings (SSSR count). The van der Waals surface area contributed by atoms with Crippen LogP contribution in [0.1, 0.15) is 42.9 Å². The van der Waals surface area contributed by atoms with Gasteiger partial charge in [0.15, 0.2) is 0 Å². The van der Waals surface area contributed by atoms with Gasteiger partial charge in [0.1, 0.15) is 5.75 Å². The Hall–Kier alpha value is -3.22. The van der Waals surface area contributed by atoms with Crippen LogP contribution in [0.4, 0.5) is 0 Å². The monoisotopic (exact) mass is 366 g/mol. The van der Waals surface area contributed by atoms with Gasteiger partial charge in [-0.1, -0.05) is 12.1 Å². The number of rotatable bonds is 7. The third-order valence-electron chi connectivity index (χ3n) is 4.41. The number of methoxy groups -OCH3 is 1. The largest absolute Gasteiger partial charge is 0.497 e. The molecule has 2 heterocycles. The summed E-state index contributed by atoms with van der Waals surface area (Å²) in [6.07, 6.45) is 5.27. The summed E-state index contributed by atoms with van der Waals surface area (Å²) in [5, 5.41) is 7.10. The zero-order chi connectivity index (χ0) is 19.1. The lowest BCUT2D eigenvalue weighted by Gasteiger charge is -2.20. The van der Waals surface area contributed by atoms with Gasteiger partial charge in [0.05, 0.1) is 13.2 Å². The first kappa shape index (κ1) is 18.6. The molecule has 1 aliphatic heterocycles. The van der Waals surface area contributed by atoms with Crippen molar-refractivity contribution in [3.05, 3.63) is 59.9 Å². The summed E-state index contributed by atoms with van der Waals surface area (Å²) < 4.78 is 5.21. The molecule has 0 saturated heterocycles. The Kier molecular flexibility index (Phi) is 6.14. The van der Waals surface area contributed by atoms with Crippen molar-refractivity contribution < 1.29 is 14.3 Å². The Balaban J connectivity index is 1.69. The summed E-state index contributed by atoms with van der Waals surface area (Å²) in [6.45, 7) is 0. The van der Waals surface area contributed by atoms with E-state index in [1.165, 1.54) is 0 Å². The van der Waals surface area contributed by atoms with E-state index in [-0.39, 0.29) is 17.9 Å². The van der Waals surface area contributed by atoms with Crippen LogP contribution in [-0.4, -0.2) is 29.6 Å². The number of carbonyl (C=O) groups excluding carboxylic acids is 2. The zero-order valence-corrected chi connectivity index (χ0v) is 15.1. The SMILES string of the molecule is COc1ccc([C@@H](NC(=O)CCC2=NNC(=O)CC2)c2ccncc2)cc1. The Morgan fingerprint density at radius 3 is 2.48 bits per heavy atom. The standard InChI is InChI=1S/C20H22N4O3/c1-27-17-6-2-14(3-7-17)20(15-10-12-21-13-11-15)22-18(25)8-4-16-5-9-19(26)24-23-16/h2-3,6-7,10-13,20H,4-5,8-9H2,1H3,(H,22,25)(H,24,26)/t20-/m1/s1. The summed E-state index contributed by atoms with van der Waals surface area (Å²) in [7, 11) is 1.62. The third-order valence-corrected chi connectivity index (χ3v) is 4.41. The van der Waals surface area contributed by atoms with E-state index >= 15 is 0 Å². The highest BCUT2D eigenvalue weighted by Crippen LogP contribution is 2.24. The molecular weight excluding hydrogens is 344 g/mol. The molecule has 2 aromatic rings. The number of amides is 2. The number of hydrogen-bond donors (Lipinski definition) is 2. The maximum Gasteiger partial charge on any atom is 0.240 e. The molecule has 2 N–H and O–H groups in total. The summed E-state index contributed by atoms with van der Waals surface area (Å²) in [6, 6.07) is 11.1. The Bertz CT molecular complexity index is 819. The molecule has 0 saturated carbocycles. The van der Waals surface area contributed by atoms with E-state index in [0.29, 0.717) is 25.7 Å². The summed E-state index contributed by atoms with van der Waals surface area (Å²) in [5.41, 5.74) is 5.21. The van der Waals surface area contributed by atoms with Gasteiger partial charge in [-0.2, -0.15) is 5.10 Å².